The summed E-state index contributed by atoms with van der Waals surface area (Å²) in [7, 11) is 0. The maximum atomic E-state index is 12.4. The number of rotatable bonds is 4. The molecule has 0 aliphatic rings. The van der Waals surface area contributed by atoms with Crippen molar-refractivity contribution >= 4 is 5.82 Å². The summed E-state index contributed by atoms with van der Waals surface area (Å²) in [6, 6.07) is -0.0546. The van der Waals surface area contributed by atoms with Gasteiger partial charge in [-0.25, -0.2) is 9.97 Å². The molecule has 20 heavy (non-hydrogen) atoms. The van der Waals surface area contributed by atoms with Gasteiger partial charge in [-0.1, -0.05) is 6.92 Å². The Morgan fingerprint density at radius 3 is 2.65 bits per heavy atom. The molecule has 2 aromatic heterocycles. The van der Waals surface area contributed by atoms with Gasteiger partial charge in [0.15, 0.2) is 5.82 Å². The van der Waals surface area contributed by atoms with Crippen LogP contribution in [-0.2, 0) is 5.54 Å². The fourth-order valence-electron chi connectivity index (χ4n) is 2.04. The van der Waals surface area contributed by atoms with Crippen LogP contribution in [0.5, 0.6) is 0 Å². The molecule has 2 N–H and O–H groups in total. The highest BCUT2D eigenvalue weighted by atomic mass is 16.1. The molecule has 0 aliphatic carbocycles. The lowest BCUT2D eigenvalue weighted by molar-refractivity contribution is 0.383. The molecule has 0 aromatic carbocycles. The first-order valence-electron chi connectivity index (χ1n) is 6.77. The summed E-state index contributed by atoms with van der Waals surface area (Å²) in [6.45, 7) is 8.00. The summed E-state index contributed by atoms with van der Waals surface area (Å²) in [5.74, 6) is 1.16. The summed E-state index contributed by atoms with van der Waals surface area (Å²) in [5, 5.41) is 3.17. The maximum Gasteiger partial charge on any atom is 0.293 e. The summed E-state index contributed by atoms with van der Waals surface area (Å²) < 4.78 is 1.68. The molecule has 0 fully saturated rings. The van der Waals surface area contributed by atoms with Crippen molar-refractivity contribution in [2.75, 3.05) is 5.32 Å². The molecule has 0 spiro atoms. The molecule has 0 amide bonds. The van der Waals surface area contributed by atoms with Crippen molar-refractivity contribution < 1.29 is 0 Å². The van der Waals surface area contributed by atoms with Crippen LogP contribution in [0, 0.1) is 0 Å². The molecule has 0 aliphatic heterocycles. The van der Waals surface area contributed by atoms with Crippen molar-refractivity contribution in [3.05, 3.63) is 41.0 Å². The summed E-state index contributed by atoms with van der Waals surface area (Å²) in [6.07, 6.45) is 7.63. The lowest BCUT2D eigenvalue weighted by atomic mass is 10.1. The summed E-state index contributed by atoms with van der Waals surface area (Å²) in [4.78, 5) is 23.9. The van der Waals surface area contributed by atoms with Gasteiger partial charge in [0.05, 0.1) is 6.04 Å². The van der Waals surface area contributed by atoms with Gasteiger partial charge in [-0.2, -0.15) is 0 Å². The van der Waals surface area contributed by atoms with Crippen LogP contribution in [0.2, 0.25) is 0 Å². The lowest BCUT2D eigenvalue weighted by Gasteiger charge is -2.23. The van der Waals surface area contributed by atoms with Gasteiger partial charge >= 0.3 is 0 Å². The van der Waals surface area contributed by atoms with Gasteiger partial charge in [0.25, 0.3) is 5.56 Å². The van der Waals surface area contributed by atoms with Crippen molar-refractivity contribution in [1.29, 1.82) is 0 Å². The van der Waals surface area contributed by atoms with Gasteiger partial charge in [-0.3, -0.25) is 4.79 Å². The first-order valence-corrected chi connectivity index (χ1v) is 6.77. The van der Waals surface area contributed by atoms with Crippen molar-refractivity contribution in [2.45, 2.75) is 45.7 Å². The molecule has 2 heterocycles. The SMILES string of the molecule is CCC(Nc1nccn(C(C)(C)C)c1=O)c1ncc[nH]1. The lowest BCUT2D eigenvalue weighted by Crippen LogP contribution is -2.35. The smallest absolute Gasteiger partial charge is 0.293 e. The van der Waals surface area contributed by atoms with Crippen LogP contribution in [0.3, 0.4) is 0 Å². The third-order valence-electron chi connectivity index (χ3n) is 3.13. The normalized spacial score (nSPS) is 13.2. The molecule has 6 nitrogen and oxygen atoms in total. The van der Waals surface area contributed by atoms with E-state index in [1.165, 1.54) is 0 Å². The van der Waals surface area contributed by atoms with Crippen LogP contribution in [0.25, 0.3) is 0 Å². The number of aromatic amines is 1. The number of imidazole rings is 1. The molecule has 2 aromatic rings. The van der Waals surface area contributed by atoms with E-state index in [0.717, 1.165) is 12.2 Å². The Morgan fingerprint density at radius 2 is 2.10 bits per heavy atom. The predicted molar refractivity (Wildman–Crippen MR) is 78.7 cm³/mol. The number of aromatic nitrogens is 4. The molecule has 2 rings (SSSR count). The molecular weight excluding hydrogens is 254 g/mol. The van der Waals surface area contributed by atoms with Gasteiger partial charge in [0, 0.05) is 30.3 Å². The molecule has 0 radical (unpaired) electrons. The minimum Gasteiger partial charge on any atom is -0.356 e. The van der Waals surface area contributed by atoms with Gasteiger partial charge < -0.3 is 14.9 Å². The van der Waals surface area contributed by atoms with E-state index in [1.807, 2.05) is 27.7 Å². The first kappa shape index (κ1) is 14.3. The minimum atomic E-state index is -0.275. The maximum absolute atomic E-state index is 12.4. The summed E-state index contributed by atoms with van der Waals surface area (Å²) in [5.41, 5.74) is -0.395. The van der Waals surface area contributed by atoms with Crippen LogP contribution in [-0.4, -0.2) is 19.5 Å². The first-order chi connectivity index (χ1) is 9.43. The molecule has 0 saturated carbocycles. The average molecular weight is 275 g/mol. The van der Waals surface area contributed by atoms with Crippen LogP contribution >= 0.6 is 0 Å². The fraction of sp³-hybridized carbons (Fsp3) is 0.500. The van der Waals surface area contributed by atoms with Crippen LogP contribution in [0.15, 0.2) is 29.6 Å². The van der Waals surface area contributed by atoms with E-state index in [9.17, 15) is 4.79 Å². The van der Waals surface area contributed by atoms with E-state index >= 15 is 0 Å². The van der Waals surface area contributed by atoms with E-state index in [2.05, 4.69) is 20.3 Å². The second-order valence-corrected chi connectivity index (χ2v) is 5.70. The molecule has 6 heteroatoms. The second kappa shape index (κ2) is 5.48. The highest BCUT2D eigenvalue weighted by molar-refractivity contribution is 5.34. The second-order valence-electron chi connectivity index (χ2n) is 5.70. The van der Waals surface area contributed by atoms with Crippen molar-refractivity contribution in [3.63, 3.8) is 0 Å². The number of nitrogens with one attached hydrogen (secondary N) is 2. The summed E-state index contributed by atoms with van der Waals surface area (Å²) >= 11 is 0. The Morgan fingerprint density at radius 1 is 1.35 bits per heavy atom. The van der Waals surface area contributed by atoms with Gasteiger partial charge in [-0.15, -0.1) is 0 Å². The van der Waals surface area contributed by atoms with E-state index < -0.39 is 0 Å². The standard InChI is InChI=1S/C14H21N5O/c1-5-10(11-15-6-7-16-11)18-12-13(20)19(9-8-17-12)14(2,3)4/h6-10H,5H2,1-4H3,(H,15,16)(H,17,18). The molecule has 0 bridgehead atoms. The zero-order valence-electron chi connectivity index (χ0n) is 12.3. The van der Waals surface area contributed by atoms with E-state index in [0.29, 0.717) is 5.82 Å². The quantitative estimate of drug-likeness (QED) is 0.897. The van der Waals surface area contributed by atoms with Crippen LogP contribution in [0.4, 0.5) is 5.82 Å². The minimum absolute atomic E-state index is 0.0546. The number of anilines is 1. The Bertz CT molecular complexity index is 609. The van der Waals surface area contributed by atoms with Gasteiger partial charge in [0.1, 0.15) is 5.82 Å². The molecule has 108 valence electrons. The number of nitrogens with zero attached hydrogens (tertiary/aromatic N) is 3. The van der Waals surface area contributed by atoms with Gasteiger partial charge in [0.2, 0.25) is 0 Å². The Kier molecular flexibility index (Phi) is 3.92. The van der Waals surface area contributed by atoms with Crippen molar-refractivity contribution in [3.8, 4) is 0 Å². The van der Waals surface area contributed by atoms with E-state index in [4.69, 9.17) is 0 Å². The number of hydrogen-bond donors (Lipinski definition) is 2. The van der Waals surface area contributed by atoms with Crippen LogP contribution < -0.4 is 10.9 Å². The molecular formula is C14H21N5O. The monoisotopic (exact) mass is 275 g/mol. The Balaban J connectivity index is 2.32. The number of H-pyrrole nitrogens is 1. The third kappa shape index (κ3) is 2.89. The van der Waals surface area contributed by atoms with E-state index in [-0.39, 0.29) is 17.1 Å². The molecule has 1 atom stereocenters. The topological polar surface area (TPSA) is 75.6 Å². The number of hydrogen-bond acceptors (Lipinski definition) is 4. The predicted octanol–water partition coefficient (Wildman–Crippen LogP) is 2.28. The highest BCUT2D eigenvalue weighted by Crippen LogP contribution is 2.17. The average Bonchev–Trinajstić information content (AvgIpc) is 2.90. The molecule has 1 unspecified atom stereocenters. The largest absolute Gasteiger partial charge is 0.356 e. The van der Waals surface area contributed by atoms with Crippen LogP contribution in [0.1, 0.15) is 46.0 Å². The molecule has 0 saturated heterocycles. The van der Waals surface area contributed by atoms with Gasteiger partial charge in [-0.05, 0) is 27.2 Å². The Hall–Kier alpha value is -2.11. The van der Waals surface area contributed by atoms with E-state index in [1.54, 1.807) is 29.4 Å². The zero-order valence-corrected chi connectivity index (χ0v) is 12.3. The third-order valence-corrected chi connectivity index (χ3v) is 3.13. The van der Waals surface area contributed by atoms with Crippen molar-refractivity contribution in [2.24, 2.45) is 0 Å². The fourth-order valence-corrected chi connectivity index (χ4v) is 2.04. The Labute approximate surface area is 118 Å². The van der Waals surface area contributed by atoms with Crippen molar-refractivity contribution in [1.82, 2.24) is 19.5 Å². The zero-order chi connectivity index (χ0) is 14.8. The highest BCUT2D eigenvalue weighted by Gasteiger charge is 2.19.